The Balaban J connectivity index is 1.80. The number of hydrogen-bond acceptors (Lipinski definition) is 4. The van der Waals surface area contributed by atoms with E-state index in [4.69, 9.17) is 11.6 Å². The van der Waals surface area contributed by atoms with Gasteiger partial charge < -0.3 is 0 Å². The number of halogens is 2. The second kappa shape index (κ2) is 9.17. The van der Waals surface area contributed by atoms with Crippen LogP contribution in [0.4, 0.5) is 4.39 Å². The highest BCUT2D eigenvalue weighted by Gasteiger charge is 2.37. The standard InChI is InChI=1S/C21H19ClFN3OS/c1-3-12-26-20(27)19(13-15-4-8-17(22)9-5-15)28-21(26)25-24-14(2)16-6-10-18(23)11-7-16/h3-11,19H,1,12-13H2,2H3/b24-14+,25-21-/t19-/m0/s1. The van der Waals surface area contributed by atoms with Crippen molar-refractivity contribution < 1.29 is 9.18 Å². The van der Waals surface area contributed by atoms with Crippen LogP contribution in [0.5, 0.6) is 0 Å². The lowest BCUT2D eigenvalue weighted by Crippen LogP contribution is -2.32. The molecule has 1 amide bonds. The topological polar surface area (TPSA) is 45.0 Å². The number of carbonyl (C=O) groups is 1. The number of amidine groups is 1. The highest BCUT2D eigenvalue weighted by Crippen LogP contribution is 2.30. The molecule has 0 saturated carbocycles. The number of benzene rings is 2. The summed E-state index contributed by atoms with van der Waals surface area (Å²) in [6.07, 6.45) is 2.24. The predicted octanol–water partition coefficient (Wildman–Crippen LogP) is 4.93. The average molecular weight is 416 g/mol. The number of carbonyl (C=O) groups excluding carboxylic acids is 1. The first-order valence-electron chi connectivity index (χ1n) is 8.69. The number of hydrogen-bond donors (Lipinski definition) is 0. The molecule has 28 heavy (non-hydrogen) atoms. The lowest BCUT2D eigenvalue weighted by molar-refractivity contribution is -0.125. The molecule has 144 valence electrons. The van der Waals surface area contributed by atoms with Crippen LogP contribution in [0.3, 0.4) is 0 Å². The highest BCUT2D eigenvalue weighted by atomic mass is 35.5. The number of amides is 1. The summed E-state index contributed by atoms with van der Waals surface area (Å²) in [7, 11) is 0. The molecule has 0 N–H and O–H groups in total. The smallest absolute Gasteiger partial charge is 0.242 e. The number of thioether (sulfide) groups is 1. The molecule has 4 nitrogen and oxygen atoms in total. The maximum absolute atomic E-state index is 13.1. The molecule has 1 aliphatic rings. The van der Waals surface area contributed by atoms with Crippen molar-refractivity contribution in [2.75, 3.05) is 6.54 Å². The van der Waals surface area contributed by atoms with Crippen LogP contribution in [0.25, 0.3) is 0 Å². The Morgan fingerprint density at radius 3 is 2.57 bits per heavy atom. The summed E-state index contributed by atoms with van der Waals surface area (Å²) in [4.78, 5) is 14.4. The van der Waals surface area contributed by atoms with Crippen molar-refractivity contribution in [3.05, 3.63) is 83.2 Å². The fraction of sp³-hybridized carbons (Fsp3) is 0.190. The minimum absolute atomic E-state index is 0.0202. The quantitative estimate of drug-likeness (QED) is 0.381. The molecule has 2 aromatic carbocycles. The molecule has 3 rings (SSSR count). The fourth-order valence-electron chi connectivity index (χ4n) is 2.71. The Morgan fingerprint density at radius 2 is 1.93 bits per heavy atom. The lowest BCUT2D eigenvalue weighted by Gasteiger charge is -2.13. The van der Waals surface area contributed by atoms with Gasteiger partial charge in [0.1, 0.15) is 5.82 Å². The summed E-state index contributed by atoms with van der Waals surface area (Å²) < 4.78 is 13.1. The molecule has 0 aliphatic carbocycles. The van der Waals surface area contributed by atoms with Gasteiger partial charge >= 0.3 is 0 Å². The van der Waals surface area contributed by atoms with E-state index >= 15 is 0 Å². The Bertz CT molecular complexity index is 926. The van der Waals surface area contributed by atoms with Gasteiger partial charge in [-0.05, 0) is 48.7 Å². The van der Waals surface area contributed by atoms with Crippen LogP contribution in [-0.2, 0) is 11.2 Å². The van der Waals surface area contributed by atoms with Crippen molar-refractivity contribution in [2.45, 2.75) is 18.6 Å². The Labute approximate surface area is 172 Å². The molecule has 0 radical (unpaired) electrons. The van der Waals surface area contributed by atoms with Crippen LogP contribution in [-0.4, -0.2) is 33.5 Å². The van der Waals surface area contributed by atoms with Crippen molar-refractivity contribution in [1.29, 1.82) is 0 Å². The zero-order valence-corrected chi connectivity index (χ0v) is 16.9. The molecule has 1 atom stereocenters. The van der Waals surface area contributed by atoms with Crippen molar-refractivity contribution in [2.24, 2.45) is 10.2 Å². The van der Waals surface area contributed by atoms with Crippen LogP contribution >= 0.6 is 23.4 Å². The molecule has 1 fully saturated rings. The van der Waals surface area contributed by atoms with Gasteiger partial charge in [-0.15, -0.1) is 11.7 Å². The third-order valence-electron chi connectivity index (χ3n) is 4.21. The number of nitrogens with zero attached hydrogens (tertiary/aromatic N) is 3. The number of rotatable bonds is 6. The normalized spacial score (nSPS) is 18.8. The summed E-state index contributed by atoms with van der Waals surface area (Å²) in [5, 5.41) is 9.45. The molecule has 2 aromatic rings. The molecule has 0 spiro atoms. The van der Waals surface area contributed by atoms with Crippen molar-refractivity contribution in [3.63, 3.8) is 0 Å². The summed E-state index contributed by atoms with van der Waals surface area (Å²) in [6, 6.07) is 13.5. The molecule has 0 unspecified atom stereocenters. The fourth-order valence-corrected chi connectivity index (χ4v) is 3.98. The van der Waals surface area contributed by atoms with Crippen LogP contribution < -0.4 is 0 Å². The van der Waals surface area contributed by atoms with E-state index < -0.39 is 0 Å². The second-order valence-corrected chi connectivity index (χ2v) is 7.86. The van der Waals surface area contributed by atoms with Gasteiger partial charge in [-0.1, -0.05) is 53.7 Å². The van der Waals surface area contributed by atoms with Crippen molar-refractivity contribution >= 4 is 40.1 Å². The summed E-state index contributed by atoms with van der Waals surface area (Å²) in [5.41, 5.74) is 2.44. The first kappa shape index (κ1) is 20.3. The Hall–Kier alpha value is -2.44. The molecule has 1 aliphatic heterocycles. The third kappa shape index (κ3) is 4.88. The van der Waals surface area contributed by atoms with Crippen molar-refractivity contribution in [3.8, 4) is 0 Å². The zero-order chi connectivity index (χ0) is 20.1. The van der Waals surface area contributed by atoms with Gasteiger partial charge in [-0.2, -0.15) is 5.10 Å². The van der Waals surface area contributed by atoms with E-state index in [2.05, 4.69) is 16.8 Å². The molecule has 0 bridgehead atoms. The van der Waals surface area contributed by atoms with E-state index in [1.807, 2.05) is 24.3 Å². The van der Waals surface area contributed by atoms with Gasteiger partial charge in [-0.25, -0.2) is 4.39 Å². The van der Waals surface area contributed by atoms with Gasteiger partial charge in [0, 0.05) is 11.6 Å². The Morgan fingerprint density at radius 1 is 1.25 bits per heavy atom. The van der Waals surface area contributed by atoms with Crippen LogP contribution in [0.2, 0.25) is 5.02 Å². The van der Waals surface area contributed by atoms with E-state index in [1.54, 1.807) is 30.0 Å². The minimum atomic E-state index is -0.304. The first-order valence-corrected chi connectivity index (χ1v) is 9.95. The highest BCUT2D eigenvalue weighted by molar-refractivity contribution is 8.15. The van der Waals surface area contributed by atoms with E-state index in [-0.39, 0.29) is 17.0 Å². The van der Waals surface area contributed by atoms with E-state index in [1.165, 1.54) is 23.9 Å². The Kier molecular flexibility index (Phi) is 6.65. The monoisotopic (exact) mass is 415 g/mol. The molecule has 0 aromatic heterocycles. The average Bonchev–Trinajstić information content (AvgIpc) is 2.98. The largest absolute Gasteiger partial charge is 0.285 e. The van der Waals surface area contributed by atoms with Crippen LogP contribution in [0, 0.1) is 5.82 Å². The molecular formula is C21H19ClFN3OS. The minimum Gasteiger partial charge on any atom is -0.285 e. The first-order chi connectivity index (χ1) is 13.5. The van der Waals surface area contributed by atoms with E-state index in [0.29, 0.717) is 28.9 Å². The van der Waals surface area contributed by atoms with Gasteiger partial charge in [0.25, 0.3) is 0 Å². The second-order valence-electron chi connectivity index (χ2n) is 6.25. The van der Waals surface area contributed by atoms with Crippen molar-refractivity contribution in [1.82, 2.24) is 4.90 Å². The predicted molar refractivity (Wildman–Crippen MR) is 114 cm³/mol. The molecule has 1 heterocycles. The maximum atomic E-state index is 13.1. The molecule has 7 heteroatoms. The summed E-state index contributed by atoms with van der Waals surface area (Å²) >= 11 is 7.31. The van der Waals surface area contributed by atoms with Gasteiger partial charge in [0.15, 0.2) is 5.17 Å². The van der Waals surface area contributed by atoms with Crippen LogP contribution in [0.15, 0.2) is 71.4 Å². The maximum Gasteiger partial charge on any atom is 0.242 e. The molecule has 1 saturated heterocycles. The van der Waals surface area contributed by atoms with E-state index in [9.17, 15) is 9.18 Å². The lowest BCUT2D eigenvalue weighted by atomic mass is 10.1. The molecular weight excluding hydrogens is 397 g/mol. The van der Waals surface area contributed by atoms with Gasteiger partial charge in [0.2, 0.25) is 5.91 Å². The summed E-state index contributed by atoms with van der Waals surface area (Å²) in [6.45, 7) is 5.88. The van der Waals surface area contributed by atoms with Gasteiger partial charge in [-0.3, -0.25) is 9.69 Å². The van der Waals surface area contributed by atoms with Crippen LogP contribution in [0.1, 0.15) is 18.1 Å². The SMILES string of the molecule is C=CCN1C(=O)[C@H](Cc2ccc(Cl)cc2)S/C1=N\N=C(/C)c1ccc(F)cc1. The van der Waals surface area contributed by atoms with Gasteiger partial charge in [0.05, 0.1) is 11.0 Å². The van der Waals surface area contributed by atoms with E-state index in [0.717, 1.165) is 11.1 Å². The third-order valence-corrected chi connectivity index (χ3v) is 5.63. The summed E-state index contributed by atoms with van der Waals surface area (Å²) in [5.74, 6) is -0.324. The zero-order valence-electron chi connectivity index (χ0n) is 15.3.